The number of nitrogens with zero attached hydrogens (tertiary/aromatic N) is 2. The predicted molar refractivity (Wildman–Crippen MR) is 148 cm³/mol. The number of morpholine rings is 1. The third kappa shape index (κ3) is 5.59. The van der Waals surface area contributed by atoms with Crippen molar-refractivity contribution < 1.29 is 28.6 Å². The van der Waals surface area contributed by atoms with E-state index in [1.165, 1.54) is 25.4 Å². The Balaban J connectivity index is 1.62. The molecule has 1 amide bonds. The number of halogens is 3. The third-order valence-electron chi connectivity index (χ3n) is 7.60. The Hall–Kier alpha value is -3.04. The summed E-state index contributed by atoms with van der Waals surface area (Å²) in [5.41, 5.74) is 0.581. The van der Waals surface area contributed by atoms with Crippen LogP contribution < -0.4 is 0 Å². The smallest absolute Gasteiger partial charge is 0.339 e. The van der Waals surface area contributed by atoms with Crippen LogP contribution in [0.25, 0.3) is 0 Å². The van der Waals surface area contributed by atoms with Crippen molar-refractivity contribution in [2.24, 2.45) is 5.92 Å². The van der Waals surface area contributed by atoms with Crippen LogP contribution in [0.1, 0.15) is 59.1 Å². The van der Waals surface area contributed by atoms with Gasteiger partial charge in [0.05, 0.1) is 36.4 Å². The molecule has 2 heterocycles. The molecular formula is C30H29Cl2FN2O5. The fourth-order valence-electron chi connectivity index (χ4n) is 5.44. The van der Waals surface area contributed by atoms with E-state index in [0.717, 1.165) is 12.8 Å². The molecule has 1 saturated carbocycles. The van der Waals surface area contributed by atoms with Crippen molar-refractivity contribution in [1.82, 2.24) is 9.88 Å². The molecule has 5 rings (SSSR count). The van der Waals surface area contributed by atoms with Crippen molar-refractivity contribution in [3.05, 3.63) is 99.0 Å². The van der Waals surface area contributed by atoms with Crippen LogP contribution in [0.4, 0.5) is 4.39 Å². The van der Waals surface area contributed by atoms with E-state index in [2.05, 4.69) is 4.98 Å². The minimum atomic E-state index is -1.41. The van der Waals surface area contributed by atoms with Crippen LogP contribution in [0.15, 0.2) is 60.8 Å². The maximum atomic E-state index is 14.8. The number of aliphatic hydroxyl groups is 1. The van der Waals surface area contributed by atoms with Gasteiger partial charge in [0.1, 0.15) is 11.9 Å². The van der Waals surface area contributed by atoms with Gasteiger partial charge in [0.2, 0.25) is 0 Å². The van der Waals surface area contributed by atoms with Crippen molar-refractivity contribution in [3.63, 3.8) is 0 Å². The highest BCUT2D eigenvalue weighted by Crippen LogP contribution is 2.50. The minimum Gasteiger partial charge on any atom is -0.465 e. The largest absolute Gasteiger partial charge is 0.465 e. The van der Waals surface area contributed by atoms with Gasteiger partial charge in [-0.2, -0.15) is 0 Å². The Bertz CT molecular complexity index is 1420. The number of ether oxygens (including phenoxy) is 2. The number of hydrogen-bond acceptors (Lipinski definition) is 6. The molecule has 1 aliphatic heterocycles. The van der Waals surface area contributed by atoms with Gasteiger partial charge in [-0.05, 0) is 73.2 Å². The fraction of sp³-hybridized carbons (Fsp3) is 0.367. The second kappa shape index (κ2) is 11.4. The summed E-state index contributed by atoms with van der Waals surface area (Å²) in [6.07, 6.45) is 2.46. The number of esters is 1. The summed E-state index contributed by atoms with van der Waals surface area (Å²) in [6.45, 7) is 1.43. The highest BCUT2D eigenvalue weighted by atomic mass is 35.5. The maximum absolute atomic E-state index is 14.8. The van der Waals surface area contributed by atoms with Gasteiger partial charge < -0.3 is 19.5 Å². The van der Waals surface area contributed by atoms with Crippen LogP contribution >= 0.6 is 23.2 Å². The maximum Gasteiger partial charge on any atom is 0.339 e. The first-order valence-corrected chi connectivity index (χ1v) is 13.8. The average Bonchev–Trinajstić information content (AvgIpc) is 3.78. The third-order valence-corrected chi connectivity index (χ3v) is 8.14. The van der Waals surface area contributed by atoms with E-state index in [9.17, 15) is 19.1 Å². The van der Waals surface area contributed by atoms with Gasteiger partial charge in [-0.1, -0.05) is 41.4 Å². The van der Waals surface area contributed by atoms with Crippen LogP contribution in [0.5, 0.6) is 0 Å². The second-order valence-electron chi connectivity index (χ2n) is 10.4. The van der Waals surface area contributed by atoms with E-state index >= 15 is 0 Å². The minimum absolute atomic E-state index is 0.0372. The highest BCUT2D eigenvalue weighted by Gasteiger charge is 2.55. The van der Waals surface area contributed by atoms with E-state index in [-0.39, 0.29) is 35.4 Å². The molecule has 10 heteroatoms. The molecule has 2 aliphatic rings. The van der Waals surface area contributed by atoms with Crippen molar-refractivity contribution in [2.45, 2.75) is 50.0 Å². The Morgan fingerprint density at radius 2 is 1.98 bits per heavy atom. The van der Waals surface area contributed by atoms with Crippen LogP contribution in [0.3, 0.4) is 0 Å². The number of pyridine rings is 1. The number of benzene rings is 2. The lowest BCUT2D eigenvalue weighted by atomic mass is 9.85. The quantitative estimate of drug-likeness (QED) is 0.339. The Kier molecular flexibility index (Phi) is 8.15. The molecule has 7 nitrogen and oxygen atoms in total. The lowest BCUT2D eigenvalue weighted by Gasteiger charge is -2.51. The molecule has 40 heavy (non-hydrogen) atoms. The molecule has 3 aromatic rings. The Morgan fingerprint density at radius 1 is 1.20 bits per heavy atom. The summed E-state index contributed by atoms with van der Waals surface area (Å²) in [6, 6.07) is 13.5. The normalized spacial score (nSPS) is 23.6. The predicted octanol–water partition coefficient (Wildman–Crippen LogP) is 5.73. The van der Waals surface area contributed by atoms with Gasteiger partial charge in [-0.15, -0.1) is 0 Å². The van der Waals surface area contributed by atoms with Gasteiger partial charge in [-0.25, -0.2) is 9.18 Å². The standard InChI is InChI=1S/C30H29Cl2FN2O5/c1-30(14-22-10-8-20(15-34-22)28(37)39-2)29(38)35(25(16-36)17-6-7-17)26(18-9-11-23(32)24(33)13-18)27(40-30)19-4-3-5-21(31)12-19/h3-5,8-13,15,17,25-27,36H,6-7,14,16H2,1-2H3/t25-,26-,27-,30-/m1/s1. The first-order valence-electron chi connectivity index (χ1n) is 13.0. The zero-order valence-corrected chi connectivity index (χ0v) is 23.5. The van der Waals surface area contributed by atoms with Crippen LogP contribution in [-0.4, -0.2) is 52.2 Å². The Morgan fingerprint density at radius 3 is 2.58 bits per heavy atom. The number of carbonyl (C=O) groups is 2. The Labute approximate surface area is 241 Å². The van der Waals surface area contributed by atoms with E-state index in [4.69, 9.17) is 32.7 Å². The number of carbonyl (C=O) groups excluding carboxylic acids is 2. The van der Waals surface area contributed by atoms with E-state index in [1.807, 2.05) is 6.07 Å². The summed E-state index contributed by atoms with van der Waals surface area (Å²) in [5.74, 6) is -1.38. The van der Waals surface area contributed by atoms with Crippen LogP contribution in [0.2, 0.25) is 10.0 Å². The van der Waals surface area contributed by atoms with Crippen molar-refractivity contribution in [1.29, 1.82) is 0 Å². The first kappa shape index (κ1) is 28.5. The lowest BCUT2D eigenvalue weighted by molar-refractivity contribution is -0.205. The van der Waals surface area contributed by atoms with Crippen molar-refractivity contribution >= 4 is 35.1 Å². The number of rotatable bonds is 8. The molecule has 0 spiro atoms. The number of hydrogen-bond donors (Lipinski definition) is 1. The van der Waals surface area contributed by atoms with Crippen molar-refractivity contribution in [2.75, 3.05) is 13.7 Å². The van der Waals surface area contributed by atoms with Gasteiger partial charge in [0.15, 0.2) is 5.60 Å². The molecule has 1 saturated heterocycles. The van der Waals surface area contributed by atoms with E-state index < -0.39 is 35.6 Å². The van der Waals surface area contributed by atoms with E-state index in [0.29, 0.717) is 21.8 Å². The summed E-state index contributed by atoms with van der Waals surface area (Å²) < 4.78 is 26.2. The highest BCUT2D eigenvalue weighted by molar-refractivity contribution is 6.31. The lowest BCUT2D eigenvalue weighted by Crippen LogP contribution is -2.62. The second-order valence-corrected chi connectivity index (χ2v) is 11.3. The van der Waals surface area contributed by atoms with Crippen LogP contribution in [-0.2, 0) is 20.7 Å². The molecule has 1 aliphatic carbocycles. The zero-order chi connectivity index (χ0) is 28.6. The fourth-order valence-corrected chi connectivity index (χ4v) is 5.75. The van der Waals surface area contributed by atoms with Gasteiger partial charge in [0.25, 0.3) is 5.91 Å². The van der Waals surface area contributed by atoms with Gasteiger partial charge >= 0.3 is 5.97 Å². The SMILES string of the molecule is COC(=O)c1ccc(C[C@@]2(C)O[C@H](c3cccc(Cl)c3)[C@@H](c3ccc(Cl)c(F)c3)N([C@H](CO)C3CC3)C2=O)nc1. The summed E-state index contributed by atoms with van der Waals surface area (Å²) in [4.78, 5) is 32.4. The molecule has 210 valence electrons. The summed E-state index contributed by atoms with van der Waals surface area (Å²) in [7, 11) is 1.29. The number of amides is 1. The average molecular weight is 587 g/mol. The van der Waals surface area contributed by atoms with Crippen molar-refractivity contribution in [3.8, 4) is 0 Å². The number of aromatic nitrogens is 1. The molecule has 2 fully saturated rings. The monoisotopic (exact) mass is 586 g/mol. The first-order chi connectivity index (χ1) is 19.1. The molecule has 0 radical (unpaired) electrons. The van der Waals surface area contributed by atoms with Gasteiger partial charge in [0, 0.05) is 23.3 Å². The molecular weight excluding hydrogens is 558 g/mol. The van der Waals surface area contributed by atoms with Crippen LogP contribution in [0, 0.1) is 11.7 Å². The summed E-state index contributed by atoms with van der Waals surface area (Å²) in [5, 5.41) is 11.0. The number of aliphatic hydroxyl groups excluding tert-OH is 1. The molecule has 4 atom stereocenters. The molecule has 1 aromatic heterocycles. The van der Waals surface area contributed by atoms with E-state index in [1.54, 1.807) is 48.2 Å². The zero-order valence-electron chi connectivity index (χ0n) is 22.0. The van der Waals surface area contributed by atoms with Gasteiger partial charge in [-0.3, -0.25) is 9.78 Å². The number of methoxy groups -OCH3 is 1. The topological polar surface area (TPSA) is 89.0 Å². The molecule has 0 bridgehead atoms. The molecule has 0 unspecified atom stereocenters. The molecule has 1 N–H and O–H groups in total. The summed E-state index contributed by atoms with van der Waals surface area (Å²) >= 11 is 12.4. The molecule has 2 aromatic carbocycles.